The Bertz CT molecular complexity index is 683. The molecule has 20 heavy (non-hydrogen) atoms. The van der Waals surface area contributed by atoms with Crippen LogP contribution in [0.5, 0.6) is 0 Å². The average Bonchev–Trinajstić information content (AvgIpc) is 2.34. The van der Waals surface area contributed by atoms with E-state index in [1.54, 1.807) is 0 Å². The van der Waals surface area contributed by atoms with Gasteiger partial charge >= 0.3 is 0 Å². The Morgan fingerprint density at radius 3 is 2.30 bits per heavy atom. The fraction of sp³-hybridized carbons (Fsp3) is 0.500. The van der Waals surface area contributed by atoms with Gasteiger partial charge in [0.25, 0.3) is 0 Å². The maximum atomic E-state index is 12.4. The number of nitrogens with zero attached hydrogens (tertiary/aromatic N) is 1. The summed E-state index contributed by atoms with van der Waals surface area (Å²) < 4.78 is 49.6. The zero-order valence-corrected chi connectivity index (χ0v) is 14.8. The van der Waals surface area contributed by atoms with E-state index in [-0.39, 0.29) is 9.79 Å². The zero-order chi connectivity index (χ0) is 15.6. The van der Waals surface area contributed by atoms with Gasteiger partial charge in [0, 0.05) is 24.3 Å². The third-order valence-electron chi connectivity index (χ3n) is 2.85. The summed E-state index contributed by atoms with van der Waals surface area (Å²) in [6.07, 6.45) is 2.68. The molecule has 0 spiro atoms. The predicted octanol–water partition coefficient (Wildman–Crippen LogP) is 2.27. The quantitative estimate of drug-likeness (QED) is 0.755. The van der Waals surface area contributed by atoms with Crippen molar-refractivity contribution < 1.29 is 16.8 Å². The Kier molecular flexibility index (Phi) is 5.77. The molecule has 0 saturated heterocycles. The van der Waals surface area contributed by atoms with Crippen LogP contribution in [0.4, 0.5) is 0 Å². The third-order valence-corrected chi connectivity index (χ3v) is 6.81. The van der Waals surface area contributed by atoms with Gasteiger partial charge in [-0.2, -0.15) is 0 Å². The highest BCUT2D eigenvalue weighted by Crippen LogP contribution is 2.27. The molecule has 1 rings (SSSR count). The molecule has 0 bridgehead atoms. The molecule has 0 saturated carbocycles. The Labute approximate surface area is 129 Å². The number of halogens is 1. The van der Waals surface area contributed by atoms with E-state index in [1.807, 2.05) is 6.92 Å². The van der Waals surface area contributed by atoms with Crippen molar-refractivity contribution in [2.45, 2.75) is 29.6 Å². The molecule has 0 aromatic heterocycles. The van der Waals surface area contributed by atoms with Gasteiger partial charge in [-0.05, 0) is 40.5 Å². The van der Waals surface area contributed by atoms with E-state index in [4.69, 9.17) is 0 Å². The minimum Gasteiger partial charge on any atom is -0.224 e. The monoisotopic (exact) mass is 383 g/mol. The number of unbranched alkanes of at least 4 members (excludes halogenated alkanes) is 1. The predicted molar refractivity (Wildman–Crippen MR) is 82.0 cm³/mol. The molecule has 114 valence electrons. The highest BCUT2D eigenvalue weighted by molar-refractivity contribution is 9.10. The van der Waals surface area contributed by atoms with Gasteiger partial charge in [0.15, 0.2) is 9.84 Å². The molecule has 0 radical (unpaired) electrons. The lowest BCUT2D eigenvalue weighted by molar-refractivity contribution is 0.459. The number of hydrogen-bond donors (Lipinski definition) is 0. The molecule has 1 aromatic rings. The number of rotatable bonds is 6. The topological polar surface area (TPSA) is 71.5 Å². The first-order chi connectivity index (χ1) is 9.10. The van der Waals surface area contributed by atoms with Crippen molar-refractivity contribution in [2.75, 3.05) is 19.8 Å². The van der Waals surface area contributed by atoms with Gasteiger partial charge in [-0.1, -0.05) is 13.3 Å². The molecule has 0 fully saturated rings. The van der Waals surface area contributed by atoms with Gasteiger partial charge in [-0.15, -0.1) is 0 Å². The van der Waals surface area contributed by atoms with E-state index < -0.39 is 19.9 Å². The molecule has 0 unspecified atom stereocenters. The van der Waals surface area contributed by atoms with Gasteiger partial charge in [0.2, 0.25) is 10.0 Å². The maximum absolute atomic E-state index is 12.4. The Hall–Kier alpha value is -0.440. The highest BCUT2D eigenvalue weighted by Gasteiger charge is 2.24. The lowest BCUT2D eigenvalue weighted by atomic mass is 10.3. The first kappa shape index (κ1) is 17.6. The number of hydrogen-bond acceptors (Lipinski definition) is 4. The van der Waals surface area contributed by atoms with Crippen molar-refractivity contribution in [3.8, 4) is 0 Å². The lowest BCUT2D eigenvalue weighted by Gasteiger charge is -2.18. The van der Waals surface area contributed by atoms with Crippen molar-refractivity contribution >= 4 is 35.8 Å². The van der Waals surface area contributed by atoms with Crippen LogP contribution < -0.4 is 0 Å². The number of sulfonamides is 1. The summed E-state index contributed by atoms with van der Waals surface area (Å²) in [4.78, 5) is -0.0396. The second-order valence-corrected chi connectivity index (χ2v) is 9.43. The van der Waals surface area contributed by atoms with Crippen LogP contribution in [0.3, 0.4) is 0 Å². The Balaban J connectivity index is 3.31. The maximum Gasteiger partial charge on any atom is 0.243 e. The van der Waals surface area contributed by atoms with Crippen LogP contribution in [-0.4, -0.2) is 41.0 Å². The molecule has 0 aliphatic heterocycles. The fourth-order valence-corrected chi connectivity index (χ4v) is 4.46. The van der Waals surface area contributed by atoms with E-state index in [0.717, 1.165) is 19.1 Å². The van der Waals surface area contributed by atoms with Gasteiger partial charge in [0.1, 0.15) is 0 Å². The third kappa shape index (κ3) is 4.03. The Morgan fingerprint density at radius 1 is 1.20 bits per heavy atom. The molecule has 0 heterocycles. The first-order valence-corrected chi connectivity index (χ1v) is 10.2. The largest absolute Gasteiger partial charge is 0.243 e. The van der Waals surface area contributed by atoms with Crippen LogP contribution in [0, 0.1) is 0 Å². The van der Waals surface area contributed by atoms with Crippen LogP contribution in [0.1, 0.15) is 19.8 Å². The number of benzene rings is 1. The van der Waals surface area contributed by atoms with E-state index >= 15 is 0 Å². The fourth-order valence-electron chi connectivity index (χ4n) is 1.58. The summed E-state index contributed by atoms with van der Waals surface area (Å²) in [5.41, 5.74) is 0. The van der Waals surface area contributed by atoms with Gasteiger partial charge in [0.05, 0.1) is 9.79 Å². The summed E-state index contributed by atoms with van der Waals surface area (Å²) in [6, 6.07) is 4.01. The van der Waals surface area contributed by atoms with Crippen molar-refractivity contribution in [3.63, 3.8) is 0 Å². The summed E-state index contributed by atoms with van der Waals surface area (Å²) in [5, 5.41) is 0. The summed E-state index contributed by atoms with van der Waals surface area (Å²) >= 11 is 3.17. The molecule has 0 amide bonds. The van der Waals surface area contributed by atoms with Crippen molar-refractivity contribution in [1.29, 1.82) is 0 Å². The molecular weight excluding hydrogens is 366 g/mol. The van der Waals surface area contributed by atoms with E-state index in [2.05, 4.69) is 15.9 Å². The number of sulfone groups is 1. The van der Waals surface area contributed by atoms with Crippen LogP contribution in [-0.2, 0) is 19.9 Å². The smallest absolute Gasteiger partial charge is 0.224 e. The Morgan fingerprint density at radius 2 is 1.80 bits per heavy atom. The molecule has 8 heteroatoms. The van der Waals surface area contributed by atoms with E-state index in [9.17, 15) is 16.8 Å². The summed E-state index contributed by atoms with van der Waals surface area (Å²) in [5.74, 6) is 0. The molecular formula is C12H18BrNO4S2. The van der Waals surface area contributed by atoms with Gasteiger partial charge in [-0.25, -0.2) is 21.1 Å². The zero-order valence-electron chi connectivity index (χ0n) is 11.6. The standard InChI is InChI=1S/C12H18BrNO4S2/c1-4-5-8-14(2)20(17,18)12-9-10(19(3,15)16)6-7-11(12)13/h6-7,9H,4-5,8H2,1-3H3. The minimum absolute atomic E-state index is 0.0110. The SMILES string of the molecule is CCCCN(C)S(=O)(=O)c1cc(S(C)(=O)=O)ccc1Br. The lowest BCUT2D eigenvalue weighted by Crippen LogP contribution is -2.28. The second kappa shape index (κ2) is 6.55. The molecule has 0 aliphatic carbocycles. The van der Waals surface area contributed by atoms with Crippen molar-refractivity contribution in [1.82, 2.24) is 4.31 Å². The second-order valence-electron chi connectivity index (χ2n) is 4.54. The minimum atomic E-state index is -3.70. The van der Waals surface area contributed by atoms with Crippen LogP contribution in [0.25, 0.3) is 0 Å². The van der Waals surface area contributed by atoms with Gasteiger partial charge < -0.3 is 0 Å². The van der Waals surface area contributed by atoms with Crippen LogP contribution in [0.2, 0.25) is 0 Å². The normalized spacial score (nSPS) is 12.8. The van der Waals surface area contributed by atoms with E-state index in [0.29, 0.717) is 11.0 Å². The van der Waals surface area contributed by atoms with E-state index in [1.165, 1.54) is 29.6 Å². The molecule has 0 N–H and O–H groups in total. The molecule has 0 aliphatic rings. The highest BCUT2D eigenvalue weighted by atomic mass is 79.9. The molecule has 5 nitrogen and oxygen atoms in total. The van der Waals surface area contributed by atoms with Crippen molar-refractivity contribution in [2.24, 2.45) is 0 Å². The summed E-state index contributed by atoms with van der Waals surface area (Å²) in [7, 11) is -5.66. The average molecular weight is 384 g/mol. The van der Waals surface area contributed by atoms with Gasteiger partial charge in [-0.3, -0.25) is 0 Å². The van der Waals surface area contributed by atoms with Crippen LogP contribution in [0.15, 0.2) is 32.5 Å². The molecule has 0 atom stereocenters. The summed E-state index contributed by atoms with van der Waals surface area (Å²) in [6.45, 7) is 2.37. The van der Waals surface area contributed by atoms with Crippen molar-refractivity contribution in [3.05, 3.63) is 22.7 Å². The first-order valence-electron chi connectivity index (χ1n) is 6.06. The molecule has 1 aromatic carbocycles. The van der Waals surface area contributed by atoms with Crippen LogP contribution >= 0.6 is 15.9 Å².